The number of halogens is 1. The van der Waals surface area contributed by atoms with E-state index in [0.29, 0.717) is 5.02 Å². The zero-order valence-electron chi connectivity index (χ0n) is 8.77. The van der Waals surface area contributed by atoms with Crippen molar-refractivity contribution in [3.05, 3.63) is 45.4 Å². The number of allylic oxidation sites excluding steroid dienone is 4. The quantitative estimate of drug-likeness (QED) is 0.719. The first-order valence-corrected chi connectivity index (χ1v) is 5.27. The Balaban J connectivity index is 2.53. The summed E-state index contributed by atoms with van der Waals surface area (Å²) >= 11 is 5.93. The molecule has 0 bridgehead atoms. The Morgan fingerprint density at radius 2 is 2.20 bits per heavy atom. The number of aromatic nitrogens is 2. The minimum atomic E-state index is -0.110. The van der Waals surface area contributed by atoms with Crippen molar-refractivity contribution < 1.29 is 0 Å². The van der Waals surface area contributed by atoms with E-state index in [9.17, 15) is 4.79 Å². The number of hydrogen-bond acceptors (Lipinski definition) is 1. The molecule has 1 aliphatic rings. The van der Waals surface area contributed by atoms with Gasteiger partial charge in [-0.15, -0.1) is 0 Å². The van der Waals surface area contributed by atoms with Gasteiger partial charge in [-0.1, -0.05) is 35.9 Å². The first-order chi connectivity index (χ1) is 7.13. The van der Waals surface area contributed by atoms with E-state index in [1.807, 2.05) is 43.0 Å². The fraction of sp³-hybridized carbons (Fsp3) is 0.364. The zero-order chi connectivity index (χ0) is 11.0. The van der Waals surface area contributed by atoms with Crippen LogP contribution in [0.25, 0.3) is 0 Å². The zero-order valence-corrected chi connectivity index (χ0v) is 9.53. The molecule has 80 valence electrons. The fourth-order valence-corrected chi connectivity index (χ4v) is 2.03. The predicted molar refractivity (Wildman–Crippen MR) is 61.4 cm³/mol. The van der Waals surface area contributed by atoms with Crippen molar-refractivity contribution in [1.29, 1.82) is 0 Å². The first-order valence-electron chi connectivity index (χ1n) is 4.90. The van der Waals surface area contributed by atoms with Crippen molar-refractivity contribution >= 4 is 11.6 Å². The fourth-order valence-electron chi connectivity index (χ4n) is 1.82. The van der Waals surface area contributed by atoms with E-state index in [1.54, 1.807) is 4.68 Å². The monoisotopic (exact) mass is 224 g/mol. The molecule has 3 nitrogen and oxygen atoms in total. The standard InChI is InChI=1S/C11H13ClN2O/c1-8-10(12)11(15)14(13(8)2)9-6-4-3-5-7-9/h3-6,9H,7H2,1-2H3. The summed E-state index contributed by atoms with van der Waals surface area (Å²) < 4.78 is 3.51. The molecule has 4 heteroatoms. The van der Waals surface area contributed by atoms with Gasteiger partial charge < -0.3 is 0 Å². The topological polar surface area (TPSA) is 26.9 Å². The second kappa shape index (κ2) is 3.74. The number of hydrogen-bond donors (Lipinski definition) is 0. The third-order valence-electron chi connectivity index (χ3n) is 2.79. The molecule has 0 spiro atoms. The Kier molecular flexibility index (Phi) is 2.57. The van der Waals surface area contributed by atoms with Gasteiger partial charge in [0, 0.05) is 7.05 Å². The highest BCUT2D eigenvalue weighted by Crippen LogP contribution is 2.19. The third-order valence-corrected chi connectivity index (χ3v) is 3.23. The summed E-state index contributed by atoms with van der Waals surface area (Å²) in [6.45, 7) is 1.85. The lowest BCUT2D eigenvalue weighted by atomic mass is 10.1. The van der Waals surface area contributed by atoms with Crippen LogP contribution < -0.4 is 5.56 Å². The summed E-state index contributed by atoms with van der Waals surface area (Å²) in [5.41, 5.74) is 0.700. The Bertz CT molecular complexity index is 493. The molecular weight excluding hydrogens is 212 g/mol. The lowest BCUT2D eigenvalue weighted by molar-refractivity contribution is 0.440. The molecule has 1 atom stereocenters. The second-order valence-corrected chi connectivity index (χ2v) is 4.07. The van der Waals surface area contributed by atoms with Gasteiger partial charge in [-0.3, -0.25) is 9.48 Å². The average molecular weight is 225 g/mol. The molecule has 1 unspecified atom stereocenters. The van der Waals surface area contributed by atoms with Crippen LogP contribution in [0.3, 0.4) is 0 Å². The van der Waals surface area contributed by atoms with Crippen LogP contribution in [-0.2, 0) is 7.05 Å². The summed E-state index contributed by atoms with van der Waals surface area (Å²) in [5.74, 6) is 0. The van der Waals surface area contributed by atoms with E-state index in [2.05, 4.69) is 0 Å². The van der Waals surface area contributed by atoms with Gasteiger partial charge in [0.2, 0.25) is 0 Å². The third kappa shape index (κ3) is 1.57. The second-order valence-electron chi connectivity index (χ2n) is 3.69. The maximum atomic E-state index is 11.9. The van der Waals surface area contributed by atoms with Crippen LogP contribution in [-0.4, -0.2) is 9.36 Å². The highest BCUT2D eigenvalue weighted by molar-refractivity contribution is 6.31. The van der Waals surface area contributed by atoms with E-state index in [1.165, 1.54) is 0 Å². The molecule has 0 aromatic carbocycles. The molecule has 0 fully saturated rings. The van der Waals surface area contributed by atoms with Crippen molar-refractivity contribution in [3.63, 3.8) is 0 Å². The lowest BCUT2D eigenvalue weighted by Crippen LogP contribution is -2.26. The number of rotatable bonds is 1. The molecule has 1 aromatic rings. The smallest absolute Gasteiger partial charge is 0.286 e. The van der Waals surface area contributed by atoms with Gasteiger partial charge in [0.1, 0.15) is 5.02 Å². The van der Waals surface area contributed by atoms with Crippen molar-refractivity contribution in [2.45, 2.75) is 19.4 Å². The summed E-state index contributed by atoms with van der Waals surface area (Å²) in [4.78, 5) is 11.9. The van der Waals surface area contributed by atoms with Crippen LogP contribution in [0.15, 0.2) is 29.1 Å². The van der Waals surface area contributed by atoms with Crippen LogP contribution in [0, 0.1) is 6.92 Å². The minimum Gasteiger partial charge on any atom is -0.288 e. The highest BCUT2D eigenvalue weighted by atomic mass is 35.5. The van der Waals surface area contributed by atoms with E-state index >= 15 is 0 Å². The molecule has 1 aromatic heterocycles. The van der Waals surface area contributed by atoms with Crippen LogP contribution in [0.2, 0.25) is 5.02 Å². The summed E-state index contributed by atoms with van der Waals surface area (Å²) in [5, 5.41) is 0.320. The molecule has 15 heavy (non-hydrogen) atoms. The average Bonchev–Trinajstić information content (AvgIpc) is 2.45. The van der Waals surface area contributed by atoms with E-state index < -0.39 is 0 Å². The highest BCUT2D eigenvalue weighted by Gasteiger charge is 2.18. The van der Waals surface area contributed by atoms with Crippen LogP contribution in [0.1, 0.15) is 18.2 Å². The van der Waals surface area contributed by atoms with Gasteiger partial charge in [0.05, 0.1) is 11.7 Å². The molecular formula is C11H13ClN2O. The Morgan fingerprint density at radius 3 is 2.67 bits per heavy atom. The van der Waals surface area contributed by atoms with E-state index in [-0.39, 0.29) is 11.6 Å². The van der Waals surface area contributed by atoms with Crippen LogP contribution in [0.4, 0.5) is 0 Å². The van der Waals surface area contributed by atoms with Crippen LogP contribution >= 0.6 is 11.6 Å². The van der Waals surface area contributed by atoms with Crippen molar-refractivity contribution in [2.75, 3.05) is 0 Å². The van der Waals surface area contributed by atoms with Crippen molar-refractivity contribution in [2.24, 2.45) is 7.05 Å². The van der Waals surface area contributed by atoms with Gasteiger partial charge >= 0.3 is 0 Å². The van der Waals surface area contributed by atoms with Crippen molar-refractivity contribution in [1.82, 2.24) is 9.36 Å². The normalized spacial score (nSPS) is 19.8. The molecule has 0 amide bonds. The molecule has 1 heterocycles. The molecule has 2 rings (SSSR count). The van der Waals surface area contributed by atoms with Gasteiger partial charge in [-0.2, -0.15) is 0 Å². The van der Waals surface area contributed by atoms with Crippen LogP contribution in [0.5, 0.6) is 0 Å². The van der Waals surface area contributed by atoms with Gasteiger partial charge in [0.15, 0.2) is 0 Å². The lowest BCUT2D eigenvalue weighted by Gasteiger charge is -2.17. The number of nitrogens with zero attached hydrogens (tertiary/aromatic N) is 2. The maximum absolute atomic E-state index is 11.9. The largest absolute Gasteiger partial charge is 0.288 e. The summed E-state index contributed by atoms with van der Waals surface area (Å²) in [7, 11) is 1.86. The Hall–Kier alpha value is -1.22. The SMILES string of the molecule is Cc1c(Cl)c(=O)n(C2C=CC=CC2)n1C. The molecule has 1 aliphatic carbocycles. The molecule has 0 aliphatic heterocycles. The summed E-state index contributed by atoms with van der Waals surface area (Å²) in [6.07, 6.45) is 8.84. The maximum Gasteiger partial charge on any atom is 0.286 e. The minimum absolute atomic E-state index is 0.0821. The van der Waals surface area contributed by atoms with E-state index in [0.717, 1.165) is 12.1 Å². The molecule has 0 radical (unpaired) electrons. The molecule has 0 saturated heterocycles. The Morgan fingerprint density at radius 1 is 1.47 bits per heavy atom. The summed E-state index contributed by atoms with van der Waals surface area (Å²) in [6, 6.07) is 0.0821. The Labute approximate surface area is 93.2 Å². The van der Waals surface area contributed by atoms with E-state index in [4.69, 9.17) is 11.6 Å². The van der Waals surface area contributed by atoms with Gasteiger partial charge in [0.25, 0.3) is 5.56 Å². The predicted octanol–water partition coefficient (Wildman–Crippen LogP) is 2.21. The molecule has 0 saturated carbocycles. The van der Waals surface area contributed by atoms with Gasteiger partial charge in [-0.05, 0) is 13.3 Å². The first kappa shape index (κ1) is 10.3. The van der Waals surface area contributed by atoms with Crippen molar-refractivity contribution in [3.8, 4) is 0 Å². The van der Waals surface area contributed by atoms with Gasteiger partial charge in [-0.25, -0.2) is 4.68 Å². The molecule has 0 N–H and O–H groups in total.